The predicted octanol–water partition coefficient (Wildman–Crippen LogP) is 3.24. The largest absolute Gasteiger partial charge is 0.476 e. The van der Waals surface area contributed by atoms with Gasteiger partial charge in [0.05, 0.1) is 12.1 Å². The Morgan fingerprint density at radius 2 is 2.23 bits per heavy atom. The molecule has 4 rings (SSSR count). The minimum absolute atomic E-state index is 0.169. The molecule has 6 nitrogen and oxygen atoms in total. The van der Waals surface area contributed by atoms with Crippen molar-refractivity contribution in [1.82, 2.24) is 24.9 Å². The molecule has 0 saturated carbocycles. The summed E-state index contributed by atoms with van der Waals surface area (Å²) >= 11 is 7.31. The Morgan fingerprint density at radius 3 is 3.18 bits per heavy atom. The number of hydrogen-bond acceptors (Lipinski definition) is 6. The number of thiazole rings is 1. The number of ether oxygens (including phenoxy) is 1. The number of nitrogens with zero attached hydrogens (tertiary/aromatic N) is 4. The van der Waals surface area contributed by atoms with Crippen LogP contribution >= 0.6 is 22.9 Å². The van der Waals surface area contributed by atoms with Crippen molar-refractivity contribution in [3.8, 4) is 5.88 Å². The summed E-state index contributed by atoms with van der Waals surface area (Å²) in [5.41, 5.74) is 4.38. The molecule has 1 N–H and O–H groups in total. The van der Waals surface area contributed by atoms with Crippen LogP contribution in [0.4, 0.5) is 0 Å². The standard InChI is InChI=1S/C14H10ClN5OS/c15-14-19-12(10-13(20-14)22-7-18-10)21-5-3-8-6-17-11-9(8)2-1-4-16-11/h1-2,4,6-7H,3,5H2,(H,16,17). The zero-order valence-corrected chi connectivity index (χ0v) is 12.9. The van der Waals surface area contributed by atoms with Crippen LogP contribution in [0, 0.1) is 0 Å². The van der Waals surface area contributed by atoms with E-state index in [0.29, 0.717) is 18.0 Å². The van der Waals surface area contributed by atoms with Crippen molar-refractivity contribution in [3.63, 3.8) is 0 Å². The number of hydrogen-bond donors (Lipinski definition) is 1. The fourth-order valence-corrected chi connectivity index (χ4v) is 3.15. The number of pyridine rings is 1. The van der Waals surface area contributed by atoms with Crippen LogP contribution in [0.15, 0.2) is 30.0 Å². The van der Waals surface area contributed by atoms with Crippen molar-refractivity contribution in [3.05, 3.63) is 40.9 Å². The van der Waals surface area contributed by atoms with Crippen LogP contribution < -0.4 is 4.74 Å². The molecule has 0 unspecified atom stereocenters. The summed E-state index contributed by atoms with van der Waals surface area (Å²) in [6.45, 7) is 0.474. The highest BCUT2D eigenvalue weighted by atomic mass is 35.5. The van der Waals surface area contributed by atoms with E-state index in [-0.39, 0.29) is 5.28 Å². The molecule has 22 heavy (non-hydrogen) atoms. The Hall–Kier alpha value is -2.25. The van der Waals surface area contributed by atoms with Gasteiger partial charge in [-0.25, -0.2) is 15.0 Å². The second-order valence-corrected chi connectivity index (χ2v) is 5.79. The Kier molecular flexibility index (Phi) is 3.36. The number of aromatic amines is 1. The SMILES string of the molecule is Clc1nc(OCCc2c[nH]c3ncccc23)c2ncsc2n1. The molecule has 0 aliphatic carbocycles. The van der Waals surface area contributed by atoms with Crippen LogP contribution in [0.3, 0.4) is 0 Å². The van der Waals surface area contributed by atoms with Crippen molar-refractivity contribution in [1.29, 1.82) is 0 Å². The first kappa shape index (κ1) is 13.4. The molecular formula is C14H10ClN5OS. The van der Waals surface area contributed by atoms with E-state index in [1.807, 2.05) is 18.3 Å². The minimum atomic E-state index is 0.169. The van der Waals surface area contributed by atoms with Crippen molar-refractivity contribution in [2.45, 2.75) is 6.42 Å². The van der Waals surface area contributed by atoms with Crippen LogP contribution in [-0.4, -0.2) is 31.5 Å². The topological polar surface area (TPSA) is 76.6 Å². The van der Waals surface area contributed by atoms with Crippen molar-refractivity contribution < 1.29 is 4.74 Å². The molecule has 4 heterocycles. The van der Waals surface area contributed by atoms with Gasteiger partial charge in [-0.3, -0.25) is 0 Å². The van der Waals surface area contributed by atoms with E-state index in [1.165, 1.54) is 11.3 Å². The summed E-state index contributed by atoms with van der Waals surface area (Å²) in [4.78, 5) is 20.6. The van der Waals surface area contributed by atoms with Gasteiger partial charge in [-0.15, -0.1) is 11.3 Å². The number of rotatable bonds is 4. The maximum Gasteiger partial charge on any atom is 0.245 e. The Balaban J connectivity index is 1.54. The van der Waals surface area contributed by atoms with Gasteiger partial charge in [0.1, 0.15) is 5.65 Å². The van der Waals surface area contributed by atoms with Gasteiger partial charge < -0.3 is 9.72 Å². The number of fused-ring (bicyclic) bond motifs is 2. The molecule has 0 saturated heterocycles. The normalized spacial score (nSPS) is 11.3. The highest BCUT2D eigenvalue weighted by molar-refractivity contribution is 7.16. The summed E-state index contributed by atoms with van der Waals surface area (Å²) < 4.78 is 5.75. The van der Waals surface area contributed by atoms with Gasteiger partial charge in [0.15, 0.2) is 10.3 Å². The van der Waals surface area contributed by atoms with Crippen molar-refractivity contribution in [2.24, 2.45) is 0 Å². The highest BCUT2D eigenvalue weighted by Gasteiger charge is 2.11. The molecule has 0 fully saturated rings. The molecule has 0 aromatic carbocycles. The average Bonchev–Trinajstić information content (AvgIpc) is 3.14. The maximum atomic E-state index is 5.90. The second kappa shape index (κ2) is 5.51. The number of halogens is 1. The van der Waals surface area contributed by atoms with Gasteiger partial charge in [0, 0.05) is 24.2 Å². The summed E-state index contributed by atoms with van der Waals surface area (Å²) in [5.74, 6) is 0.425. The van der Waals surface area contributed by atoms with Gasteiger partial charge in [0.25, 0.3) is 0 Å². The Bertz CT molecular complexity index is 951. The quantitative estimate of drug-likeness (QED) is 0.581. The molecule has 110 valence electrons. The van der Waals surface area contributed by atoms with Crippen LogP contribution in [0.25, 0.3) is 21.4 Å². The number of H-pyrrole nitrogens is 1. The molecule has 0 amide bonds. The van der Waals surface area contributed by atoms with Gasteiger partial charge >= 0.3 is 0 Å². The van der Waals surface area contributed by atoms with Crippen LogP contribution in [0.5, 0.6) is 5.88 Å². The van der Waals surface area contributed by atoms with Gasteiger partial charge in [-0.1, -0.05) is 0 Å². The summed E-state index contributed by atoms with van der Waals surface area (Å²) in [7, 11) is 0. The summed E-state index contributed by atoms with van der Waals surface area (Å²) in [6.07, 6.45) is 4.45. The Morgan fingerprint density at radius 1 is 1.27 bits per heavy atom. The molecule has 4 aromatic heterocycles. The third-order valence-corrected chi connectivity index (χ3v) is 4.17. The lowest BCUT2D eigenvalue weighted by Crippen LogP contribution is -2.03. The molecule has 0 aliphatic rings. The third-order valence-electron chi connectivity index (χ3n) is 3.29. The predicted molar refractivity (Wildman–Crippen MR) is 85.5 cm³/mol. The monoisotopic (exact) mass is 331 g/mol. The summed E-state index contributed by atoms with van der Waals surface area (Å²) in [6, 6.07) is 3.96. The summed E-state index contributed by atoms with van der Waals surface area (Å²) in [5, 5.41) is 1.27. The first-order chi connectivity index (χ1) is 10.8. The third kappa shape index (κ3) is 2.38. The Labute approximate surface area is 134 Å². The van der Waals surface area contributed by atoms with E-state index in [9.17, 15) is 0 Å². The lowest BCUT2D eigenvalue weighted by Gasteiger charge is -2.05. The van der Waals surface area contributed by atoms with Gasteiger partial charge in [-0.05, 0) is 29.3 Å². The van der Waals surface area contributed by atoms with Gasteiger partial charge in [0.2, 0.25) is 11.2 Å². The van der Waals surface area contributed by atoms with E-state index in [1.54, 1.807) is 11.7 Å². The minimum Gasteiger partial charge on any atom is -0.476 e. The number of nitrogens with one attached hydrogen (secondary N) is 1. The molecule has 8 heteroatoms. The highest BCUT2D eigenvalue weighted by Crippen LogP contribution is 2.25. The zero-order chi connectivity index (χ0) is 14.9. The van der Waals surface area contributed by atoms with Crippen LogP contribution in [0.2, 0.25) is 5.28 Å². The van der Waals surface area contributed by atoms with E-state index >= 15 is 0 Å². The van der Waals surface area contributed by atoms with Gasteiger partial charge in [-0.2, -0.15) is 4.98 Å². The van der Waals surface area contributed by atoms with Crippen LogP contribution in [0.1, 0.15) is 5.56 Å². The van der Waals surface area contributed by atoms with E-state index in [4.69, 9.17) is 16.3 Å². The average molecular weight is 332 g/mol. The molecule has 0 atom stereocenters. The molecular weight excluding hydrogens is 322 g/mol. The lowest BCUT2D eigenvalue weighted by atomic mass is 10.2. The number of aromatic nitrogens is 5. The molecule has 0 radical (unpaired) electrons. The van der Waals surface area contributed by atoms with E-state index < -0.39 is 0 Å². The van der Waals surface area contributed by atoms with Crippen molar-refractivity contribution >= 4 is 44.3 Å². The van der Waals surface area contributed by atoms with Crippen molar-refractivity contribution in [2.75, 3.05) is 6.61 Å². The lowest BCUT2D eigenvalue weighted by molar-refractivity contribution is 0.313. The first-order valence-electron chi connectivity index (χ1n) is 6.62. The fourth-order valence-electron chi connectivity index (χ4n) is 2.29. The molecule has 0 bridgehead atoms. The maximum absolute atomic E-state index is 5.90. The molecule has 4 aromatic rings. The fraction of sp³-hybridized carbons (Fsp3) is 0.143. The first-order valence-corrected chi connectivity index (χ1v) is 7.87. The zero-order valence-electron chi connectivity index (χ0n) is 11.3. The van der Waals surface area contributed by atoms with E-state index in [2.05, 4.69) is 24.9 Å². The van der Waals surface area contributed by atoms with Crippen LogP contribution in [-0.2, 0) is 6.42 Å². The van der Waals surface area contributed by atoms with E-state index in [0.717, 1.165) is 27.8 Å². The second-order valence-electron chi connectivity index (χ2n) is 4.62. The molecule has 0 aliphatic heterocycles. The molecule has 0 spiro atoms. The smallest absolute Gasteiger partial charge is 0.245 e.